The first-order valence-electron chi connectivity index (χ1n) is 5.96. The molecule has 0 unspecified atom stereocenters. The Hall–Kier alpha value is -1.83. The van der Waals surface area contributed by atoms with Gasteiger partial charge in [-0.15, -0.1) is 0 Å². The average molecular weight is 275 g/mol. The minimum atomic E-state index is -1.42. The van der Waals surface area contributed by atoms with E-state index in [4.69, 9.17) is 10.2 Å². The van der Waals surface area contributed by atoms with Gasteiger partial charge < -0.3 is 25.7 Å². The third kappa shape index (κ3) is 9.83. The number of hydrogen-bond acceptors (Lipinski definition) is 4. The van der Waals surface area contributed by atoms with Crippen molar-refractivity contribution in [3.63, 3.8) is 0 Å². The van der Waals surface area contributed by atoms with Crippen LogP contribution >= 0.6 is 0 Å². The quantitative estimate of drug-likeness (QED) is 0.423. The first-order chi connectivity index (χ1) is 8.82. The zero-order valence-corrected chi connectivity index (χ0v) is 11.2. The maximum Gasteiger partial charge on any atom is 0.326 e. The molecule has 0 aromatic carbocycles. The van der Waals surface area contributed by atoms with E-state index >= 15 is 0 Å². The van der Waals surface area contributed by atoms with E-state index in [2.05, 4.69) is 10.6 Å². The Kier molecular flexibility index (Phi) is 8.27. The van der Waals surface area contributed by atoms with Gasteiger partial charge in [-0.05, 0) is 33.5 Å². The Balaban J connectivity index is 3.87. The molecular weight excluding hydrogens is 254 g/mol. The summed E-state index contributed by atoms with van der Waals surface area (Å²) in [7, 11) is 3.90. The maximum atomic E-state index is 11.3. The van der Waals surface area contributed by atoms with E-state index in [-0.39, 0.29) is 0 Å². The van der Waals surface area contributed by atoms with Crippen molar-refractivity contribution in [2.24, 2.45) is 0 Å². The second kappa shape index (κ2) is 9.15. The van der Waals surface area contributed by atoms with Crippen LogP contribution in [0.2, 0.25) is 0 Å². The first-order valence-corrected chi connectivity index (χ1v) is 5.96. The summed E-state index contributed by atoms with van der Waals surface area (Å²) in [4.78, 5) is 34.5. The number of unbranched alkanes of at least 4 members (excludes halogenated alkanes) is 1. The zero-order valence-electron chi connectivity index (χ0n) is 11.2. The van der Waals surface area contributed by atoms with Crippen molar-refractivity contribution in [3.05, 3.63) is 0 Å². The Labute approximate surface area is 111 Å². The number of nitrogens with one attached hydrogen (secondary N) is 2. The fraction of sp³-hybridized carbons (Fsp3) is 0.727. The molecule has 4 N–H and O–H groups in total. The molecule has 8 nitrogen and oxygen atoms in total. The molecule has 19 heavy (non-hydrogen) atoms. The van der Waals surface area contributed by atoms with Crippen LogP contribution in [0.25, 0.3) is 0 Å². The Bertz CT molecular complexity index is 319. The Morgan fingerprint density at radius 3 is 2.26 bits per heavy atom. The Morgan fingerprint density at radius 1 is 1.16 bits per heavy atom. The third-order valence-electron chi connectivity index (χ3n) is 2.30. The lowest BCUT2D eigenvalue weighted by Crippen LogP contribution is -2.47. The van der Waals surface area contributed by atoms with E-state index in [1.807, 2.05) is 19.0 Å². The lowest BCUT2D eigenvalue weighted by Gasteiger charge is -2.13. The van der Waals surface area contributed by atoms with E-state index in [1.54, 1.807) is 0 Å². The minimum absolute atomic E-state index is 0.416. The molecule has 0 radical (unpaired) electrons. The fourth-order valence-corrected chi connectivity index (χ4v) is 1.34. The number of nitrogens with zero attached hydrogens (tertiary/aromatic N) is 1. The molecule has 110 valence electrons. The van der Waals surface area contributed by atoms with Crippen LogP contribution in [0, 0.1) is 0 Å². The van der Waals surface area contributed by atoms with Gasteiger partial charge in [0.25, 0.3) is 0 Å². The van der Waals surface area contributed by atoms with Crippen molar-refractivity contribution < 1.29 is 24.6 Å². The normalized spacial score (nSPS) is 11.9. The number of rotatable bonds is 9. The highest BCUT2D eigenvalue weighted by Gasteiger charge is 2.22. The summed E-state index contributed by atoms with van der Waals surface area (Å²) in [6.07, 6.45) is 1.02. The van der Waals surface area contributed by atoms with Crippen molar-refractivity contribution in [3.8, 4) is 0 Å². The highest BCUT2D eigenvalue weighted by molar-refractivity contribution is 5.86. The molecule has 0 aliphatic rings. The standard InChI is InChI=1S/C11H21N3O5/c1-14(2)6-4-3-5-12-11(19)13-8(10(17)18)7-9(15)16/h8H,3-7H2,1-2H3,(H,15,16)(H,17,18)(H2,12,13,19)/t8-/m0/s1. The van der Waals surface area contributed by atoms with Gasteiger partial charge in [-0.2, -0.15) is 0 Å². The molecule has 0 aromatic heterocycles. The van der Waals surface area contributed by atoms with Crippen LogP contribution < -0.4 is 10.6 Å². The SMILES string of the molecule is CN(C)CCCCNC(=O)N[C@@H](CC(=O)O)C(=O)O. The van der Waals surface area contributed by atoms with Crippen LogP contribution in [0.3, 0.4) is 0 Å². The van der Waals surface area contributed by atoms with Crippen LogP contribution in [-0.2, 0) is 9.59 Å². The van der Waals surface area contributed by atoms with Gasteiger partial charge in [0.15, 0.2) is 0 Å². The summed E-state index contributed by atoms with van der Waals surface area (Å²) < 4.78 is 0. The summed E-state index contributed by atoms with van der Waals surface area (Å²) in [5, 5.41) is 21.8. The van der Waals surface area contributed by atoms with Crippen molar-refractivity contribution in [1.29, 1.82) is 0 Å². The van der Waals surface area contributed by atoms with Gasteiger partial charge >= 0.3 is 18.0 Å². The number of aliphatic carboxylic acids is 2. The number of carboxylic acid groups (broad SMARTS) is 2. The lowest BCUT2D eigenvalue weighted by atomic mass is 10.2. The summed E-state index contributed by atoms with van der Waals surface area (Å²) >= 11 is 0. The first kappa shape index (κ1) is 17.2. The van der Waals surface area contributed by atoms with Gasteiger partial charge in [0.1, 0.15) is 6.04 Å². The van der Waals surface area contributed by atoms with Gasteiger partial charge in [-0.25, -0.2) is 9.59 Å². The van der Waals surface area contributed by atoms with Crippen molar-refractivity contribution in [1.82, 2.24) is 15.5 Å². The number of carboxylic acids is 2. The van der Waals surface area contributed by atoms with Crippen LogP contribution in [0.15, 0.2) is 0 Å². The predicted molar refractivity (Wildman–Crippen MR) is 68.0 cm³/mol. The average Bonchev–Trinajstić information content (AvgIpc) is 2.26. The zero-order chi connectivity index (χ0) is 14.8. The van der Waals surface area contributed by atoms with Gasteiger partial charge in [0.2, 0.25) is 0 Å². The molecule has 0 fully saturated rings. The fourth-order valence-electron chi connectivity index (χ4n) is 1.34. The largest absolute Gasteiger partial charge is 0.481 e. The molecule has 0 aliphatic heterocycles. The second-order valence-electron chi connectivity index (χ2n) is 4.40. The van der Waals surface area contributed by atoms with Crippen LogP contribution in [0.1, 0.15) is 19.3 Å². The van der Waals surface area contributed by atoms with Crippen molar-refractivity contribution >= 4 is 18.0 Å². The Morgan fingerprint density at radius 2 is 1.79 bits per heavy atom. The molecule has 0 saturated heterocycles. The predicted octanol–water partition coefficient (Wildman–Crippen LogP) is -0.445. The number of amides is 2. The summed E-state index contributed by atoms with van der Waals surface area (Å²) in [5.74, 6) is -2.65. The van der Waals surface area contributed by atoms with E-state index in [9.17, 15) is 14.4 Å². The maximum absolute atomic E-state index is 11.3. The summed E-state index contributed by atoms with van der Waals surface area (Å²) in [5.41, 5.74) is 0. The molecular formula is C11H21N3O5. The molecule has 2 amide bonds. The second-order valence-corrected chi connectivity index (χ2v) is 4.40. The molecule has 0 heterocycles. The highest BCUT2D eigenvalue weighted by Crippen LogP contribution is 1.93. The van der Waals surface area contributed by atoms with Crippen LogP contribution in [-0.4, -0.2) is 66.3 Å². The number of urea groups is 1. The highest BCUT2D eigenvalue weighted by atomic mass is 16.4. The molecule has 8 heteroatoms. The van der Waals surface area contributed by atoms with Crippen LogP contribution in [0.5, 0.6) is 0 Å². The molecule has 0 aliphatic carbocycles. The van der Waals surface area contributed by atoms with Gasteiger partial charge in [0.05, 0.1) is 6.42 Å². The van der Waals surface area contributed by atoms with Gasteiger partial charge in [0, 0.05) is 6.54 Å². The molecule has 1 atom stereocenters. The monoisotopic (exact) mass is 275 g/mol. The summed E-state index contributed by atoms with van der Waals surface area (Å²) in [6.45, 7) is 1.32. The number of hydrogen-bond donors (Lipinski definition) is 4. The topological polar surface area (TPSA) is 119 Å². The minimum Gasteiger partial charge on any atom is -0.481 e. The molecule has 0 rings (SSSR count). The number of carbonyl (C=O) groups is 3. The van der Waals surface area contributed by atoms with Gasteiger partial charge in [-0.3, -0.25) is 4.79 Å². The lowest BCUT2D eigenvalue weighted by molar-refractivity contribution is -0.145. The number of carbonyl (C=O) groups excluding carboxylic acids is 1. The molecule has 0 spiro atoms. The van der Waals surface area contributed by atoms with Crippen molar-refractivity contribution in [2.75, 3.05) is 27.2 Å². The van der Waals surface area contributed by atoms with Crippen LogP contribution in [0.4, 0.5) is 4.79 Å². The van der Waals surface area contributed by atoms with E-state index < -0.39 is 30.4 Å². The molecule has 0 saturated carbocycles. The van der Waals surface area contributed by atoms with Gasteiger partial charge in [-0.1, -0.05) is 0 Å². The van der Waals surface area contributed by atoms with Crippen molar-refractivity contribution in [2.45, 2.75) is 25.3 Å². The van der Waals surface area contributed by atoms with E-state index in [1.165, 1.54) is 0 Å². The smallest absolute Gasteiger partial charge is 0.326 e. The van der Waals surface area contributed by atoms with E-state index in [0.29, 0.717) is 6.54 Å². The van der Waals surface area contributed by atoms with E-state index in [0.717, 1.165) is 19.4 Å². The molecule has 0 bridgehead atoms. The summed E-state index contributed by atoms with van der Waals surface area (Å²) in [6, 6.07) is -2.09. The third-order valence-corrected chi connectivity index (χ3v) is 2.30. The molecule has 0 aromatic rings.